The van der Waals surface area contributed by atoms with E-state index in [4.69, 9.17) is 9.84 Å². The van der Waals surface area contributed by atoms with Crippen LogP contribution >= 0.6 is 11.3 Å². The second-order valence-corrected chi connectivity index (χ2v) is 7.70. The number of carbonyl (C=O) groups excluding carboxylic acids is 1. The van der Waals surface area contributed by atoms with Crippen LogP contribution in [0.2, 0.25) is 0 Å². The molecule has 4 aromatic rings. The van der Waals surface area contributed by atoms with E-state index in [0.717, 1.165) is 33.6 Å². The summed E-state index contributed by atoms with van der Waals surface area (Å²) < 4.78 is 6.03. The third kappa shape index (κ3) is 4.26. The number of carboxylic acid groups (broad SMARTS) is 1. The molecule has 0 unspecified atom stereocenters. The van der Waals surface area contributed by atoms with Crippen LogP contribution in [0.1, 0.15) is 15.2 Å². The number of hydrogen-bond donors (Lipinski definition) is 3. The molecule has 0 radical (unpaired) electrons. The molecule has 154 valence electrons. The number of thiophene rings is 1. The molecule has 0 saturated carbocycles. The molecular formula is C24H16O6S. The lowest BCUT2D eigenvalue weighted by atomic mass is 9.98. The first-order valence-electron chi connectivity index (χ1n) is 9.18. The van der Waals surface area contributed by atoms with Gasteiger partial charge in [0.2, 0.25) is 5.78 Å². The summed E-state index contributed by atoms with van der Waals surface area (Å²) in [6, 6.07) is 17.9. The molecule has 0 bridgehead atoms. The Morgan fingerprint density at radius 1 is 0.871 bits per heavy atom. The normalized spacial score (nSPS) is 11.1. The van der Waals surface area contributed by atoms with E-state index in [1.165, 1.54) is 23.5 Å². The standard InChI is InChI=1S/C24H16O6S/c25-16-5-1-15(2-6-16)23(29)24-22(19-10-7-17(26)13-20(19)31-24)14-3-8-18(9-4-14)30-12-11-21(27)28/h1-13,25-26H,(H,27,28)/b12-11+. The fraction of sp³-hybridized carbons (Fsp3) is 0. The Bertz CT molecular complexity index is 1300. The van der Waals surface area contributed by atoms with Gasteiger partial charge < -0.3 is 20.1 Å². The minimum absolute atomic E-state index is 0.0746. The van der Waals surface area contributed by atoms with Gasteiger partial charge in [0, 0.05) is 21.2 Å². The quantitative estimate of drug-likeness (QED) is 0.220. The highest BCUT2D eigenvalue weighted by Gasteiger charge is 2.21. The van der Waals surface area contributed by atoms with Crippen molar-refractivity contribution in [1.82, 2.24) is 0 Å². The van der Waals surface area contributed by atoms with Gasteiger partial charge in [-0.2, -0.15) is 0 Å². The summed E-state index contributed by atoms with van der Waals surface area (Å²) >= 11 is 1.28. The summed E-state index contributed by atoms with van der Waals surface area (Å²) in [4.78, 5) is 24.3. The van der Waals surface area contributed by atoms with Crippen molar-refractivity contribution in [3.05, 3.63) is 89.5 Å². The number of phenols is 2. The van der Waals surface area contributed by atoms with Crippen molar-refractivity contribution in [2.45, 2.75) is 0 Å². The van der Waals surface area contributed by atoms with Crippen molar-refractivity contribution < 1.29 is 29.6 Å². The number of aliphatic carboxylic acids is 1. The van der Waals surface area contributed by atoms with Crippen LogP contribution in [0.5, 0.6) is 17.2 Å². The summed E-state index contributed by atoms with van der Waals surface area (Å²) in [5.74, 6) is -0.671. The average Bonchev–Trinajstić information content (AvgIpc) is 3.12. The zero-order chi connectivity index (χ0) is 22.0. The first-order valence-corrected chi connectivity index (χ1v) is 10.00. The molecule has 6 nitrogen and oxygen atoms in total. The molecule has 0 atom stereocenters. The SMILES string of the molecule is O=C(O)/C=C/Oc1ccc(-c2c(C(=O)c3ccc(O)cc3)sc3cc(O)ccc23)cc1. The Labute approximate surface area is 180 Å². The maximum absolute atomic E-state index is 13.3. The highest BCUT2D eigenvalue weighted by atomic mass is 32.1. The average molecular weight is 432 g/mol. The molecule has 4 rings (SSSR count). The van der Waals surface area contributed by atoms with Gasteiger partial charge in [0.25, 0.3) is 0 Å². The molecule has 3 N–H and O–H groups in total. The third-order valence-electron chi connectivity index (χ3n) is 4.57. The van der Waals surface area contributed by atoms with E-state index in [0.29, 0.717) is 16.2 Å². The third-order valence-corrected chi connectivity index (χ3v) is 5.72. The largest absolute Gasteiger partial charge is 0.508 e. The number of benzene rings is 3. The summed E-state index contributed by atoms with van der Waals surface area (Å²) in [5, 5.41) is 28.9. The van der Waals surface area contributed by atoms with Gasteiger partial charge in [0.15, 0.2) is 0 Å². The molecule has 0 saturated heterocycles. The summed E-state index contributed by atoms with van der Waals surface area (Å²) in [6.45, 7) is 0. The van der Waals surface area contributed by atoms with Gasteiger partial charge in [-0.05, 0) is 60.2 Å². The van der Waals surface area contributed by atoms with E-state index < -0.39 is 5.97 Å². The van der Waals surface area contributed by atoms with Crippen molar-refractivity contribution >= 4 is 33.2 Å². The van der Waals surface area contributed by atoms with Crippen molar-refractivity contribution in [3.63, 3.8) is 0 Å². The molecule has 1 heterocycles. The highest BCUT2D eigenvalue weighted by molar-refractivity contribution is 7.21. The van der Waals surface area contributed by atoms with Gasteiger partial charge in [0.1, 0.15) is 17.2 Å². The van der Waals surface area contributed by atoms with Crippen LogP contribution in [-0.4, -0.2) is 27.1 Å². The van der Waals surface area contributed by atoms with Crippen LogP contribution in [0.15, 0.2) is 79.1 Å². The first kappa shape index (κ1) is 20.2. The molecule has 0 amide bonds. The van der Waals surface area contributed by atoms with E-state index >= 15 is 0 Å². The Morgan fingerprint density at radius 2 is 1.55 bits per heavy atom. The second-order valence-electron chi connectivity index (χ2n) is 6.65. The molecule has 0 aliphatic heterocycles. The number of carbonyl (C=O) groups is 2. The van der Waals surface area contributed by atoms with Crippen molar-refractivity contribution in [1.29, 1.82) is 0 Å². The highest BCUT2D eigenvalue weighted by Crippen LogP contribution is 2.41. The molecule has 0 aliphatic carbocycles. The molecule has 0 fully saturated rings. The number of ether oxygens (including phenoxy) is 1. The van der Waals surface area contributed by atoms with Crippen molar-refractivity contribution in [2.24, 2.45) is 0 Å². The predicted octanol–water partition coefficient (Wildman–Crippen LogP) is 5.19. The molecule has 1 aromatic heterocycles. The number of rotatable bonds is 6. The molecule has 0 aliphatic rings. The van der Waals surface area contributed by atoms with Gasteiger partial charge in [-0.3, -0.25) is 4.79 Å². The van der Waals surface area contributed by atoms with Crippen LogP contribution in [0.25, 0.3) is 21.2 Å². The zero-order valence-corrected chi connectivity index (χ0v) is 16.8. The molecular weight excluding hydrogens is 416 g/mol. The summed E-state index contributed by atoms with van der Waals surface area (Å²) in [7, 11) is 0. The number of carboxylic acids is 1. The fourth-order valence-corrected chi connectivity index (χ4v) is 4.37. The molecule has 0 spiro atoms. The number of hydrogen-bond acceptors (Lipinski definition) is 6. The van der Waals surface area contributed by atoms with E-state index in [1.54, 1.807) is 54.6 Å². The molecule has 3 aromatic carbocycles. The Morgan fingerprint density at radius 3 is 2.23 bits per heavy atom. The Hall–Kier alpha value is -4.10. The van der Waals surface area contributed by atoms with Crippen LogP contribution in [0.4, 0.5) is 0 Å². The number of aromatic hydroxyl groups is 2. The van der Waals surface area contributed by atoms with Gasteiger partial charge in [-0.15, -0.1) is 11.3 Å². The fourth-order valence-electron chi connectivity index (χ4n) is 3.15. The van der Waals surface area contributed by atoms with E-state index in [1.807, 2.05) is 0 Å². The number of ketones is 1. The lowest BCUT2D eigenvalue weighted by molar-refractivity contribution is -0.131. The monoisotopic (exact) mass is 432 g/mol. The van der Waals surface area contributed by atoms with Gasteiger partial charge in [-0.25, -0.2) is 4.79 Å². The molecule has 7 heteroatoms. The zero-order valence-electron chi connectivity index (χ0n) is 16.0. The Kier molecular flexibility index (Phi) is 5.43. The van der Waals surface area contributed by atoms with E-state index in [9.17, 15) is 19.8 Å². The Balaban J connectivity index is 1.79. The van der Waals surface area contributed by atoms with Crippen molar-refractivity contribution in [3.8, 4) is 28.4 Å². The minimum atomic E-state index is -1.11. The first-order chi connectivity index (χ1) is 14.9. The maximum atomic E-state index is 13.3. The summed E-state index contributed by atoms with van der Waals surface area (Å²) in [6.07, 6.45) is 1.97. The van der Waals surface area contributed by atoms with E-state index in [-0.39, 0.29) is 17.3 Å². The predicted molar refractivity (Wildman–Crippen MR) is 118 cm³/mol. The van der Waals surface area contributed by atoms with E-state index in [2.05, 4.69) is 0 Å². The topological polar surface area (TPSA) is 104 Å². The van der Waals surface area contributed by atoms with Crippen LogP contribution in [-0.2, 0) is 4.79 Å². The summed E-state index contributed by atoms with van der Waals surface area (Å²) in [5.41, 5.74) is 1.94. The second kappa shape index (κ2) is 8.33. The van der Waals surface area contributed by atoms with Crippen LogP contribution in [0.3, 0.4) is 0 Å². The lowest BCUT2D eigenvalue weighted by Crippen LogP contribution is -2.00. The van der Waals surface area contributed by atoms with Gasteiger partial charge in [0.05, 0.1) is 17.2 Å². The van der Waals surface area contributed by atoms with Crippen molar-refractivity contribution in [2.75, 3.05) is 0 Å². The maximum Gasteiger partial charge on any atom is 0.331 e. The van der Waals surface area contributed by atoms with Gasteiger partial charge in [-0.1, -0.05) is 12.1 Å². The number of fused-ring (bicyclic) bond motifs is 1. The lowest BCUT2D eigenvalue weighted by Gasteiger charge is -2.07. The smallest absolute Gasteiger partial charge is 0.331 e. The number of phenolic OH excluding ortho intramolecular Hbond substituents is 2. The minimum Gasteiger partial charge on any atom is -0.508 e. The van der Waals surface area contributed by atoms with Gasteiger partial charge >= 0.3 is 5.97 Å². The van der Waals surface area contributed by atoms with Crippen LogP contribution in [0, 0.1) is 0 Å². The molecule has 31 heavy (non-hydrogen) atoms. The van der Waals surface area contributed by atoms with Crippen LogP contribution < -0.4 is 4.74 Å².